The molecule has 3 rings (SSSR count). The van der Waals surface area contributed by atoms with E-state index in [1.807, 2.05) is 43.0 Å². The molecule has 0 aliphatic carbocycles. The van der Waals surface area contributed by atoms with E-state index in [1.165, 1.54) is 0 Å². The van der Waals surface area contributed by atoms with Crippen molar-refractivity contribution in [2.45, 2.75) is 26.0 Å². The average molecular weight is 384 g/mol. The molecule has 2 aromatic rings. The normalized spacial score (nSPS) is 16.8. The molecule has 1 fully saturated rings. The van der Waals surface area contributed by atoms with E-state index in [4.69, 9.17) is 14.2 Å². The minimum atomic E-state index is -0.102. The maximum Gasteiger partial charge on any atom is 0.254 e. The molecule has 1 aliphatic rings. The van der Waals surface area contributed by atoms with E-state index in [1.54, 1.807) is 32.4 Å². The monoisotopic (exact) mass is 384 g/mol. The molecule has 1 heterocycles. The first-order valence-electron chi connectivity index (χ1n) is 9.54. The first kappa shape index (κ1) is 20.0. The van der Waals surface area contributed by atoms with Crippen molar-refractivity contribution in [1.82, 2.24) is 10.2 Å². The highest BCUT2D eigenvalue weighted by Gasteiger charge is 2.30. The van der Waals surface area contributed by atoms with Crippen LogP contribution in [0.2, 0.25) is 0 Å². The number of nitrogens with zero attached hydrogens (tertiary/aromatic N) is 1. The van der Waals surface area contributed by atoms with Gasteiger partial charge in [0, 0.05) is 30.8 Å². The first-order valence-corrected chi connectivity index (χ1v) is 9.54. The number of piperazine rings is 1. The lowest BCUT2D eigenvalue weighted by Crippen LogP contribution is -2.48. The Morgan fingerprint density at radius 3 is 2.54 bits per heavy atom. The molecule has 0 radical (unpaired) electrons. The second-order valence-corrected chi connectivity index (χ2v) is 6.99. The molecule has 0 spiro atoms. The number of hydrogen-bond donors (Lipinski definition) is 1. The second-order valence-electron chi connectivity index (χ2n) is 6.99. The molecular formula is C22H28N2O4. The van der Waals surface area contributed by atoms with Gasteiger partial charge in [-0.25, -0.2) is 0 Å². The summed E-state index contributed by atoms with van der Waals surface area (Å²) in [5, 5.41) is 3.38. The fraction of sp³-hybridized carbons (Fsp3) is 0.409. The van der Waals surface area contributed by atoms with Crippen molar-refractivity contribution in [1.29, 1.82) is 0 Å². The molecule has 150 valence electrons. The standard InChI is InChI=1S/C22H28N2O4/c1-15(2)28-20-10-9-16(13-21(20)27-4)22(25)24-12-11-23-14-18(24)17-7-5-6-8-19(17)26-3/h5-10,13,15,18,23H,11-12,14H2,1-4H3. The number of amides is 1. The average Bonchev–Trinajstić information content (AvgIpc) is 2.73. The molecule has 2 aromatic carbocycles. The van der Waals surface area contributed by atoms with Gasteiger partial charge >= 0.3 is 0 Å². The van der Waals surface area contributed by atoms with Gasteiger partial charge in [-0.3, -0.25) is 4.79 Å². The lowest BCUT2D eigenvalue weighted by Gasteiger charge is -2.37. The first-order chi connectivity index (χ1) is 13.5. The van der Waals surface area contributed by atoms with Crippen LogP contribution in [-0.2, 0) is 0 Å². The number of hydrogen-bond acceptors (Lipinski definition) is 5. The zero-order chi connectivity index (χ0) is 20.1. The number of ether oxygens (including phenoxy) is 3. The van der Waals surface area contributed by atoms with E-state index in [0.29, 0.717) is 30.2 Å². The number of carbonyl (C=O) groups is 1. The van der Waals surface area contributed by atoms with Gasteiger partial charge in [-0.1, -0.05) is 18.2 Å². The smallest absolute Gasteiger partial charge is 0.254 e. The molecule has 6 nitrogen and oxygen atoms in total. The lowest BCUT2D eigenvalue weighted by atomic mass is 10.0. The lowest BCUT2D eigenvalue weighted by molar-refractivity contribution is 0.0631. The van der Waals surface area contributed by atoms with E-state index >= 15 is 0 Å². The van der Waals surface area contributed by atoms with Crippen molar-refractivity contribution in [3.63, 3.8) is 0 Å². The summed E-state index contributed by atoms with van der Waals surface area (Å²) in [6, 6.07) is 13.1. The Morgan fingerprint density at radius 1 is 1.07 bits per heavy atom. The molecule has 0 aromatic heterocycles. The van der Waals surface area contributed by atoms with Crippen LogP contribution >= 0.6 is 0 Å². The third kappa shape index (κ3) is 4.22. The van der Waals surface area contributed by atoms with Gasteiger partial charge in [-0.15, -0.1) is 0 Å². The number of methoxy groups -OCH3 is 2. The summed E-state index contributed by atoms with van der Waals surface area (Å²) in [4.78, 5) is 15.2. The van der Waals surface area contributed by atoms with Gasteiger partial charge in [-0.05, 0) is 38.1 Å². The van der Waals surface area contributed by atoms with E-state index in [2.05, 4.69) is 5.32 Å². The van der Waals surface area contributed by atoms with Crippen LogP contribution in [0.4, 0.5) is 0 Å². The molecule has 1 amide bonds. The van der Waals surface area contributed by atoms with Gasteiger partial charge in [0.2, 0.25) is 0 Å². The summed E-state index contributed by atoms with van der Waals surface area (Å²) in [5.74, 6) is 1.94. The third-order valence-corrected chi connectivity index (χ3v) is 4.78. The van der Waals surface area contributed by atoms with Gasteiger partial charge < -0.3 is 24.4 Å². The highest BCUT2D eigenvalue weighted by atomic mass is 16.5. The van der Waals surface area contributed by atoms with Crippen LogP contribution in [0.3, 0.4) is 0 Å². The number of para-hydroxylation sites is 1. The van der Waals surface area contributed by atoms with Crippen LogP contribution in [0.15, 0.2) is 42.5 Å². The van der Waals surface area contributed by atoms with Crippen molar-refractivity contribution in [2.75, 3.05) is 33.9 Å². The Balaban J connectivity index is 1.91. The number of carbonyl (C=O) groups excluding carboxylic acids is 1. The molecule has 1 saturated heterocycles. The summed E-state index contributed by atoms with van der Waals surface area (Å²) in [5.41, 5.74) is 1.58. The summed E-state index contributed by atoms with van der Waals surface area (Å²) in [6.45, 7) is 5.96. The largest absolute Gasteiger partial charge is 0.496 e. The van der Waals surface area contributed by atoms with Crippen LogP contribution < -0.4 is 19.5 Å². The zero-order valence-electron chi connectivity index (χ0n) is 16.9. The van der Waals surface area contributed by atoms with Crippen LogP contribution in [0.25, 0.3) is 0 Å². The molecule has 1 atom stereocenters. The van der Waals surface area contributed by atoms with E-state index in [0.717, 1.165) is 17.9 Å². The van der Waals surface area contributed by atoms with Crippen LogP contribution in [0.1, 0.15) is 35.8 Å². The molecule has 0 bridgehead atoms. The Bertz CT molecular complexity index is 822. The predicted octanol–water partition coefficient (Wildman–Crippen LogP) is 3.28. The third-order valence-electron chi connectivity index (χ3n) is 4.78. The summed E-state index contributed by atoms with van der Waals surface area (Å²) in [7, 11) is 3.23. The second kappa shape index (κ2) is 8.97. The van der Waals surface area contributed by atoms with Gasteiger partial charge in [0.1, 0.15) is 5.75 Å². The van der Waals surface area contributed by atoms with Crippen molar-refractivity contribution >= 4 is 5.91 Å². The van der Waals surface area contributed by atoms with E-state index in [9.17, 15) is 4.79 Å². The van der Waals surface area contributed by atoms with Crippen molar-refractivity contribution in [3.05, 3.63) is 53.6 Å². The van der Waals surface area contributed by atoms with Crippen molar-refractivity contribution in [3.8, 4) is 17.2 Å². The Morgan fingerprint density at radius 2 is 1.82 bits per heavy atom. The number of rotatable bonds is 6. The molecular weight excluding hydrogens is 356 g/mol. The summed E-state index contributed by atoms with van der Waals surface area (Å²) >= 11 is 0. The van der Waals surface area contributed by atoms with E-state index in [-0.39, 0.29) is 18.1 Å². The number of nitrogens with one attached hydrogen (secondary N) is 1. The minimum absolute atomic E-state index is 0.0264. The van der Waals surface area contributed by atoms with Crippen LogP contribution in [0, 0.1) is 0 Å². The Hall–Kier alpha value is -2.73. The molecule has 0 saturated carbocycles. The molecule has 1 N–H and O–H groups in total. The summed E-state index contributed by atoms with van der Waals surface area (Å²) in [6.07, 6.45) is 0.0264. The maximum absolute atomic E-state index is 13.3. The van der Waals surface area contributed by atoms with Crippen LogP contribution in [0.5, 0.6) is 17.2 Å². The predicted molar refractivity (Wildman–Crippen MR) is 108 cm³/mol. The summed E-state index contributed by atoms with van der Waals surface area (Å²) < 4.78 is 16.7. The molecule has 1 unspecified atom stereocenters. The SMILES string of the molecule is COc1cc(C(=O)N2CCNCC2c2ccccc2OC)ccc1OC(C)C. The molecule has 28 heavy (non-hydrogen) atoms. The quantitative estimate of drug-likeness (QED) is 0.828. The highest BCUT2D eigenvalue weighted by Crippen LogP contribution is 2.33. The molecule has 6 heteroatoms. The van der Waals surface area contributed by atoms with Gasteiger partial charge in [-0.2, -0.15) is 0 Å². The van der Waals surface area contributed by atoms with Crippen molar-refractivity contribution in [2.24, 2.45) is 0 Å². The zero-order valence-corrected chi connectivity index (χ0v) is 16.9. The maximum atomic E-state index is 13.3. The van der Waals surface area contributed by atoms with Crippen LogP contribution in [-0.4, -0.2) is 50.8 Å². The fourth-order valence-corrected chi connectivity index (χ4v) is 3.48. The minimum Gasteiger partial charge on any atom is -0.496 e. The highest BCUT2D eigenvalue weighted by molar-refractivity contribution is 5.95. The Kier molecular flexibility index (Phi) is 6.41. The van der Waals surface area contributed by atoms with Gasteiger partial charge in [0.05, 0.1) is 26.4 Å². The topological polar surface area (TPSA) is 60.0 Å². The number of benzene rings is 2. The van der Waals surface area contributed by atoms with Crippen molar-refractivity contribution < 1.29 is 19.0 Å². The fourth-order valence-electron chi connectivity index (χ4n) is 3.48. The van der Waals surface area contributed by atoms with E-state index < -0.39 is 0 Å². The molecule has 1 aliphatic heterocycles. The Labute approximate surface area is 166 Å². The van der Waals surface area contributed by atoms with Gasteiger partial charge in [0.25, 0.3) is 5.91 Å². The van der Waals surface area contributed by atoms with Gasteiger partial charge in [0.15, 0.2) is 11.5 Å².